The van der Waals surface area contributed by atoms with E-state index in [0.717, 1.165) is 37.1 Å². The molecule has 0 spiro atoms. The molecule has 1 amide bonds. The number of phenolic OH excluding ortho intramolecular Hbond substituents is 1. The summed E-state index contributed by atoms with van der Waals surface area (Å²) in [6, 6.07) is 3.53. The lowest BCUT2D eigenvalue weighted by molar-refractivity contribution is -0.385. The molecule has 2 N–H and O–H groups in total. The number of benzene rings is 1. The number of hydrogen-bond acceptors (Lipinski definition) is 5. The highest BCUT2D eigenvalue weighted by Crippen LogP contribution is 2.31. The summed E-state index contributed by atoms with van der Waals surface area (Å²) in [5.74, 6) is 0.325. The number of nitro groups is 1. The largest absolute Gasteiger partial charge is 0.508 e. The van der Waals surface area contributed by atoms with E-state index in [2.05, 4.69) is 12.2 Å². The Labute approximate surface area is 127 Å². The Morgan fingerprint density at radius 2 is 2.29 bits per heavy atom. The van der Waals surface area contributed by atoms with Gasteiger partial charge in [0.1, 0.15) is 11.3 Å². The number of amides is 1. The maximum absolute atomic E-state index is 12.3. The summed E-state index contributed by atoms with van der Waals surface area (Å²) in [5, 5.41) is 23.7. The van der Waals surface area contributed by atoms with Crippen molar-refractivity contribution in [2.75, 3.05) is 5.75 Å². The van der Waals surface area contributed by atoms with Crippen molar-refractivity contribution in [3.8, 4) is 5.75 Å². The van der Waals surface area contributed by atoms with Crippen LogP contribution in [0.3, 0.4) is 0 Å². The molecule has 1 fully saturated rings. The van der Waals surface area contributed by atoms with Crippen molar-refractivity contribution in [3.05, 3.63) is 33.9 Å². The Hall–Kier alpha value is -1.76. The minimum Gasteiger partial charge on any atom is -0.508 e. The van der Waals surface area contributed by atoms with Crippen molar-refractivity contribution in [1.82, 2.24) is 5.32 Å². The summed E-state index contributed by atoms with van der Waals surface area (Å²) in [5.41, 5.74) is -0.380. The number of thioether (sulfide) groups is 1. The minimum absolute atomic E-state index is 0.0319. The maximum Gasteiger partial charge on any atom is 0.282 e. The van der Waals surface area contributed by atoms with E-state index in [9.17, 15) is 20.0 Å². The van der Waals surface area contributed by atoms with Crippen molar-refractivity contribution < 1.29 is 14.8 Å². The number of nitrogens with zero attached hydrogens (tertiary/aromatic N) is 1. The van der Waals surface area contributed by atoms with Crippen LogP contribution in [0.1, 0.15) is 36.5 Å². The standard InChI is InChI=1S/C14H18N2O4S/c1-2-21-13-5-3-4-11(13)15-14(18)10-8-9(17)6-7-12(10)16(19)20/h6-8,11,13,17H,2-5H2,1H3,(H,15,18). The Bertz CT molecular complexity index is 550. The van der Waals surface area contributed by atoms with Crippen molar-refractivity contribution >= 4 is 23.4 Å². The predicted molar refractivity (Wildman–Crippen MR) is 81.8 cm³/mol. The molecule has 0 aliphatic heterocycles. The smallest absolute Gasteiger partial charge is 0.282 e. The SMILES string of the molecule is CCSC1CCCC1NC(=O)c1cc(O)ccc1[N+](=O)[O-]. The summed E-state index contributed by atoms with van der Waals surface area (Å²) in [6.45, 7) is 2.07. The highest BCUT2D eigenvalue weighted by Gasteiger charge is 2.30. The van der Waals surface area contributed by atoms with Crippen LogP contribution in [0.4, 0.5) is 5.69 Å². The van der Waals surface area contributed by atoms with Crippen LogP contribution >= 0.6 is 11.8 Å². The fourth-order valence-electron chi connectivity index (χ4n) is 2.62. The zero-order chi connectivity index (χ0) is 15.4. The molecule has 1 aliphatic carbocycles. The van der Waals surface area contributed by atoms with Gasteiger partial charge in [0.15, 0.2) is 0 Å². The number of nitro benzene ring substituents is 1. The average molecular weight is 310 g/mol. The molecule has 1 aromatic rings. The number of carbonyl (C=O) groups excluding carboxylic acids is 1. The number of rotatable bonds is 5. The van der Waals surface area contributed by atoms with E-state index in [0.29, 0.717) is 5.25 Å². The topological polar surface area (TPSA) is 92.5 Å². The molecule has 0 radical (unpaired) electrons. The third-order valence-corrected chi connectivity index (χ3v) is 4.90. The molecule has 0 bridgehead atoms. The number of carbonyl (C=O) groups is 1. The summed E-state index contributed by atoms with van der Waals surface area (Å²) in [4.78, 5) is 22.7. The van der Waals surface area contributed by atoms with Crippen LogP contribution in [0.15, 0.2) is 18.2 Å². The van der Waals surface area contributed by atoms with Gasteiger partial charge in [-0.05, 0) is 30.7 Å². The second kappa shape index (κ2) is 6.80. The molecular formula is C14H18N2O4S. The van der Waals surface area contributed by atoms with Gasteiger partial charge in [0.05, 0.1) is 4.92 Å². The minimum atomic E-state index is -0.610. The van der Waals surface area contributed by atoms with Crippen LogP contribution in [0, 0.1) is 10.1 Å². The van der Waals surface area contributed by atoms with E-state index in [1.54, 1.807) is 11.8 Å². The van der Waals surface area contributed by atoms with Gasteiger partial charge < -0.3 is 10.4 Å². The van der Waals surface area contributed by atoms with E-state index in [-0.39, 0.29) is 23.0 Å². The first-order valence-corrected chi connectivity index (χ1v) is 7.97. The zero-order valence-corrected chi connectivity index (χ0v) is 12.6. The molecule has 2 unspecified atom stereocenters. The van der Waals surface area contributed by atoms with Gasteiger partial charge in [-0.3, -0.25) is 14.9 Å². The average Bonchev–Trinajstić information content (AvgIpc) is 2.86. The number of phenols is 1. The van der Waals surface area contributed by atoms with Crippen LogP contribution in [0.25, 0.3) is 0 Å². The quantitative estimate of drug-likeness (QED) is 0.644. The van der Waals surface area contributed by atoms with Gasteiger partial charge in [-0.25, -0.2) is 0 Å². The van der Waals surface area contributed by atoms with E-state index < -0.39 is 10.8 Å². The van der Waals surface area contributed by atoms with E-state index in [1.807, 2.05) is 0 Å². The third-order valence-electron chi connectivity index (χ3n) is 3.57. The fourth-order valence-corrected chi connectivity index (χ4v) is 3.81. The molecule has 21 heavy (non-hydrogen) atoms. The molecule has 6 nitrogen and oxygen atoms in total. The van der Waals surface area contributed by atoms with E-state index in [4.69, 9.17) is 0 Å². The predicted octanol–water partition coefficient (Wildman–Crippen LogP) is 2.70. The van der Waals surface area contributed by atoms with Gasteiger partial charge in [-0.1, -0.05) is 13.3 Å². The van der Waals surface area contributed by atoms with Crippen LogP contribution in [-0.2, 0) is 0 Å². The van der Waals surface area contributed by atoms with E-state index in [1.165, 1.54) is 6.07 Å². The molecular weight excluding hydrogens is 292 g/mol. The van der Waals surface area contributed by atoms with Gasteiger partial charge in [0.25, 0.3) is 11.6 Å². The molecule has 2 rings (SSSR count). The maximum atomic E-state index is 12.3. The Morgan fingerprint density at radius 3 is 2.95 bits per heavy atom. The van der Waals surface area contributed by atoms with Crippen molar-refractivity contribution in [2.24, 2.45) is 0 Å². The van der Waals surface area contributed by atoms with Crippen molar-refractivity contribution in [3.63, 3.8) is 0 Å². The number of hydrogen-bond donors (Lipinski definition) is 2. The third kappa shape index (κ3) is 3.66. The molecule has 0 heterocycles. The molecule has 114 valence electrons. The van der Waals surface area contributed by atoms with Gasteiger partial charge in [0, 0.05) is 17.4 Å². The molecule has 0 saturated heterocycles. The summed E-state index contributed by atoms with van der Waals surface area (Å²) < 4.78 is 0. The lowest BCUT2D eigenvalue weighted by Gasteiger charge is -2.20. The fraction of sp³-hybridized carbons (Fsp3) is 0.500. The first-order chi connectivity index (χ1) is 10.0. The number of aromatic hydroxyl groups is 1. The first kappa shape index (κ1) is 15.6. The normalized spacial score (nSPS) is 21.2. The lowest BCUT2D eigenvalue weighted by Crippen LogP contribution is -2.39. The summed E-state index contributed by atoms with van der Waals surface area (Å²) in [6.07, 6.45) is 2.98. The molecule has 0 aromatic heterocycles. The zero-order valence-electron chi connectivity index (χ0n) is 11.7. The van der Waals surface area contributed by atoms with Crippen LogP contribution < -0.4 is 5.32 Å². The number of nitrogens with one attached hydrogen (secondary N) is 1. The monoisotopic (exact) mass is 310 g/mol. The molecule has 1 saturated carbocycles. The molecule has 1 aliphatic rings. The van der Waals surface area contributed by atoms with Crippen molar-refractivity contribution in [1.29, 1.82) is 0 Å². The highest BCUT2D eigenvalue weighted by molar-refractivity contribution is 7.99. The van der Waals surface area contributed by atoms with Crippen LogP contribution in [0.2, 0.25) is 0 Å². The van der Waals surface area contributed by atoms with Crippen LogP contribution in [-0.4, -0.2) is 33.0 Å². The first-order valence-electron chi connectivity index (χ1n) is 6.92. The molecule has 7 heteroatoms. The molecule has 2 atom stereocenters. The Balaban J connectivity index is 2.16. The Kier molecular flexibility index (Phi) is 5.06. The van der Waals surface area contributed by atoms with Crippen LogP contribution in [0.5, 0.6) is 5.75 Å². The summed E-state index contributed by atoms with van der Waals surface area (Å²) >= 11 is 1.80. The van der Waals surface area contributed by atoms with E-state index >= 15 is 0 Å². The summed E-state index contributed by atoms with van der Waals surface area (Å²) in [7, 11) is 0. The Morgan fingerprint density at radius 1 is 1.52 bits per heavy atom. The van der Waals surface area contributed by atoms with Crippen molar-refractivity contribution in [2.45, 2.75) is 37.5 Å². The second-order valence-electron chi connectivity index (χ2n) is 4.96. The second-order valence-corrected chi connectivity index (χ2v) is 6.48. The van der Waals surface area contributed by atoms with Gasteiger partial charge in [0.2, 0.25) is 0 Å². The van der Waals surface area contributed by atoms with Gasteiger partial charge >= 0.3 is 0 Å². The lowest BCUT2D eigenvalue weighted by atomic mass is 10.1. The molecule has 1 aromatic carbocycles. The van der Waals surface area contributed by atoms with Gasteiger partial charge in [-0.15, -0.1) is 0 Å². The highest BCUT2D eigenvalue weighted by atomic mass is 32.2. The van der Waals surface area contributed by atoms with Gasteiger partial charge in [-0.2, -0.15) is 11.8 Å².